The summed E-state index contributed by atoms with van der Waals surface area (Å²) in [6, 6.07) is 6.78. The average molecular weight is 288 g/mol. The number of aromatic nitrogens is 1. The van der Waals surface area contributed by atoms with Gasteiger partial charge in [-0.1, -0.05) is 12.0 Å². The van der Waals surface area contributed by atoms with Crippen LogP contribution in [0.5, 0.6) is 0 Å². The molecule has 0 saturated heterocycles. The summed E-state index contributed by atoms with van der Waals surface area (Å²) in [6.07, 6.45) is 6.98. The molecule has 0 aliphatic rings. The van der Waals surface area contributed by atoms with Crippen LogP contribution in [0.1, 0.15) is 19.4 Å². The van der Waals surface area contributed by atoms with Crippen LogP contribution in [0.3, 0.4) is 0 Å². The van der Waals surface area contributed by atoms with E-state index >= 15 is 0 Å². The first-order valence-corrected chi connectivity index (χ1v) is 7.61. The topological polar surface area (TPSA) is 59.1 Å². The largest absolute Gasteiger partial charge is 0.256 e. The second-order valence-corrected chi connectivity index (χ2v) is 6.81. The van der Waals surface area contributed by atoms with E-state index < -0.39 is 15.6 Å². The maximum Gasteiger partial charge on any atom is 0.242 e. The second-order valence-electron chi connectivity index (χ2n) is 5.16. The van der Waals surface area contributed by atoms with E-state index in [9.17, 15) is 8.42 Å². The summed E-state index contributed by atoms with van der Waals surface area (Å²) in [6.45, 7) is 5.17. The Morgan fingerprint density at radius 3 is 2.65 bits per heavy atom. The molecule has 0 fully saturated rings. The van der Waals surface area contributed by atoms with E-state index in [1.165, 1.54) is 0 Å². The van der Waals surface area contributed by atoms with Crippen LogP contribution in [-0.2, 0) is 10.0 Å². The van der Waals surface area contributed by atoms with E-state index in [0.29, 0.717) is 10.9 Å². The Hall–Kier alpha value is -1.90. The lowest BCUT2D eigenvalue weighted by Crippen LogP contribution is -2.42. The molecule has 4 nitrogen and oxygen atoms in total. The van der Waals surface area contributed by atoms with Crippen molar-refractivity contribution < 1.29 is 8.42 Å². The highest BCUT2D eigenvalue weighted by Crippen LogP contribution is 2.24. The molecule has 2 aromatic rings. The molecule has 1 heterocycles. The van der Waals surface area contributed by atoms with Crippen LogP contribution in [0.15, 0.2) is 35.4 Å². The van der Waals surface area contributed by atoms with Gasteiger partial charge in [0.05, 0.1) is 16.0 Å². The third-order valence-corrected chi connectivity index (χ3v) is 4.69. The van der Waals surface area contributed by atoms with Gasteiger partial charge in [0.1, 0.15) is 0 Å². The Balaban J connectivity index is 2.65. The molecule has 0 saturated carbocycles. The highest BCUT2D eigenvalue weighted by atomic mass is 32.2. The van der Waals surface area contributed by atoms with Crippen molar-refractivity contribution in [3.05, 3.63) is 36.0 Å². The van der Waals surface area contributed by atoms with Crippen LogP contribution >= 0.6 is 0 Å². The molecular formula is C15H16N2O2S. The molecule has 0 aliphatic heterocycles. The van der Waals surface area contributed by atoms with Gasteiger partial charge >= 0.3 is 0 Å². The van der Waals surface area contributed by atoms with Gasteiger partial charge in [-0.05, 0) is 44.5 Å². The first-order chi connectivity index (χ1) is 9.27. The number of sulfonamides is 1. The number of hydrogen-bond acceptors (Lipinski definition) is 3. The van der Waals surface area contributed by atoms with Crippen molar-refractivity contribution in [2.75, 3.05) is 0 Å². The lowest BCUT2D eigenvalue weighted by atomic mass is 10.1. The fourth-order valence-corrected chi connectivity index (χ4v) is 3.48. The predicted octanol–water partition coefficient (Wildman–Crippen LogP) is 2.23. The van der Waals surface area contributed by atoms with Gasteiger partial charge in [0.15, 0.2) is 0 Å². The fourth-order valence-electron chi connectivity index (χ4n) is 1.94. The Labute approximate surface area is 119 Å². The monoisotopic (exact) mass is 288 g/mol. The standard InChI is InChI=1S/C15H16N2O2S/c1-5-15(3,4)17-20(18,19)13-9-8-11(2)14-12(13)7-6-10-16-14/h1,6-10,17H,2-4H3. The van der Waals surface area contributed by atoms with Crippen molar-refractivity contribution in [3.8, 4) is 12.3 Å². The van der Waals surface area contributed by atoms with Crippen molar-refractivity contribution in [3.63, 3.8) is 0 Å². The van der Waals surface area contributed by atoms with E-state index in [1.807, 2.05) is 6.92 Å². The molecule has 0 bridgehead atoms. The zero-order chi connectivity index (χ0) is 15.0. The molecule has 104 valence electrons. The maximum atomic E-state index is 12.5. The fraction of sp³-hybridized carbons (Fsp3) is 0.267. The number of nitrogens with zero attached hydrogens (tertiary/aromatic N) is 1. The maximum absolute atomic E-state index is 12.5. The normalized spacial score (nSPS) is 12.3. The number of fused-ring (bicyclic) bond motifs is 1. The van der Waals surface area contributed by atoms with Crippen LogP contribution in [-0.4, -0.2) is 18.9 Å². The molecule has 1 aromatic carbocycles. The molecule has 20 heavy (non-hydrogen) atoms. The third-order valence-electron chi connectivity index (χ3n) is 2.97. The zero-order valence-corrected chi connectivity index (χ0v) is 12.5. The van der Waals surface area contributed by atoms with Crippen molar-refractivity contribution >= 4 is 20.9 Å². The molecule has 0 amide bonds. The van der Waals surface area contributed by atoms with E-state index in [0.717, 1.165) is 5.56 Å². The Morgan fingerprint density at radius 1 is 1.30 bits per heavy atom. The highest BCUT2D eigenvalue weighted by Gasteiger charge is 2.26. The molecule has 0 spiro atoms. The summed E-state index contributed by atoms with van der Waals surface area (Å²) in [5.74, 6) is 2.42. The van der Waals surface area contributed by atoms with Crippen molar-refractivity contribution in [1.29, 1.82) is 0 Å². The van der Waals surface area contributed by atoms with Crippen molar-refractivity contribution in [2.45, 2.75) is 31.2 Å². The summed E-state index contributed by atoms with van der Waals surface area (Å²) >= 11 is 0. The van der Waals surface area contributed by atoms with E-state index in [2.05, 4.69) is 15.6 Å². The average Bonchev–Trinajstić information content (AvgIpc) is 2.38. The lowest BCUT2D eigenvalue weighted by molar-refractivity contribution is 0.540. The number of benzene rings is 1. The molecular weight excluding hydrogens is 272 g/mol. The first kappa shape index (κ1) is 14.5. The number of nitrogens with one attached hydrogen (secondary N) is 1. The predicted molar refractivity (Wildman–Crippen MR) is 79.7 cm³/mol. The summed E-state index contributed by atoms with van der Waals surface area (Å²) in [7, 11) is -3.71. The molecule has 1 N–H and O–H groups in total. The van der Waals surface area contributed by atoms with Crippen LogP contribution in [0, 0.1) is 19.3 Å². The van der Waals surface area contributed by atoms with E-state index in [4.69, 9.17) is 6.42 Å². The van der Waals surface area contributed by atoms with Crippen molar-refractivity contribution in [2.24, 2.45) is 0 Å². The zero-order valence-electron chi connectivity index (χ0n) is 11.6. The summed E-state index contributed by atoms with van der Waals surface area (Å²) < 4.78 is 27.5. The van der Waals surface area contributed by atoms with Crippen LogP contribution in [0.25, 0.3) is 10.9 Å². The molecule has 5 heteroatoms. The summed E-state index contributed by atoms with van der Waals surface area (Å²) in [4.78, 5) is 4.43. The number of rotatable bonds is 3. The van der Waals surface area contributed by atoms with Gasteiger partial charge < -0.3 is 0 Å². The van der Waals surface area contributed by atoms with Crippen LogP contribution < -0.4 is 4.72 Å². The van der Waals surface area contributed by atoms with Crippen molar-refractivity contribution in [1.82, 2.24) is 9.71 Å². The number of pyridine rings is 1. The quantitative estimate of drug-likeness (QED) is 0.881. The third kappa shape index (κ3) is 2.67. The van der Waals surface area contributed by atoms with E-state index in [-0.39, 0.29) is 4.90 Å². The first-order valence-electron chi connectivity index (χ1n) is 6.13. The number of terminal acetylenes is 1. The van der Waals surface area contributed by atoms with E-state index in [1.54, 1.807) is 44.3 Å². The summed E-state index contributed by atoms with van der Waals surface area (Å²) in [5, 5.41) is 0.591. The van der Waals surface area contributed by atoms with Gasteiger partial charge in [-0.25, -0.2) is 8.42 Å². The molecule has 1 aromatic heterocycles. The van der Waals surface area contributed by atoms with Crippen LogP contribution in [0.2, 0.25) is 0 Å². The van der Waals surface area contributed by atoms with Gasteiger partial charge in [0.2, 0.25) is 10.0 Å². The number of aryl methyl sites for hydroxylation is 1. The van der Waals surface area contributed by atoms with Gasteiger partial charge in [0, 0.05) is 11.6 Å². The molecule has 0 unspecified atom stereocenters. The Bertz CT molecular complexity index is 802. The minimum Gasteiger partial charge on any atom is -0.256 e. The van der Waals surface area contributed by atoms with Gasteiger partial charge in [0.25, 0.3) is 0 Å². The van der Waals surface area contributed by atoms with Gasteiger partial charge in [-0.3, -0.25) is 4.98 Å². The summed E-state index contributed by atoms with van der Waals surface area (Å²) in [5.41, 5.74) is 0.655. The number of hydrogen-bond donors (Lipinski definition) is 1. The SMILES string of the molecule is C#CC(C)(C)NS(=O)(=O)c1ccc(C)c2ncccc12. The van der Waals surface area contributed by atoms with Gasteiger partial charge in [-0.15, -0.1) is 6.42 Å². The lowest BCUT2D eigenvalue weighted by Gasteiger charge is -2.20. The smallest absolute Gasteiger partial charge is 0.242 e. The molecule has 0 aliphatic carbocycles. The highest BCUT2D eigenvalue weighted by molar-refractivity contribution is 7.89. The Morgan fingerprint density at radius 2 is 2.00 bits per heavy atom. The van der Waals surface area contributed by atoms with Gasteiger partial charge in [-0.2, -0.15) is 4.72 Å². The minimum absolute atomic E-state index is 0.189. The minimum atomic E-state index is -3.71. The molecule has 2 rings (SSSR count). The molecule has 0 radical (unpaired) electrons. The second kappa shape index (κ2) is 4.89. The van der Waals surface area contributed by atoms with Crippen LogP contribution in [0.4, 0.5) is 0 Å². The Kier molecular flexibility index (Phi) is 3.55. The molecule has 0 atom stereocenters.